The van der Waals surface area contributed by atoms with E-state index in [2.05, 4.69) is 9.97 Å². The smallest absolute Gasteiger partial charge is 0.134 e. The van der Waals surface area contributed by atoms with Crippen molar-refractivity contribution in [2.75, 3.05) is 7.11 Å². The molecule has 0 unspecified atom stereocenters. The zero-order valence-electron chi connectivity index (χ0n) is 13.0. The molecule has 0 radical (unpaired) electrons. The molecule has 0 bridgehead atoms. The van der Waals surface area contributed by atoms with Crippen molar-refractivity contribution in [3.05, 3.63) is 57.5 Å². The molecule has 2 aromatic heterocycles. The van der Waals surface area contributed by atoms with Crippen molar-refractivity contribution in [1.82, 2.24) is 9.97 Å². The third-order valence-electron chi connectivity index (χ3n) is 3.34. The fourth-order valence-corrected chi connectivity index (χ4v) is 2.95. The first-order chi connectivity index (χ1) is 11.6. The summed E-state index contributed by atoms with van der Waals surface area (Å²) in [6.45, 7) is 2.20. The summed E-state index contributed by atoms with van der Waals surface area (Å²) in [5.74, 6) is 0.469. The molecule has 2 heterocycles. The third-order valence-corrected chi connectivity index (χ3v) is 4.37. The van der Waals surface area contributed by atoms with Gasteiger partial charge in [-0.15, -0.1) is 11.3 Å². The van der Waals surface area contributed by atoms with Gasteiger partial charge >= 0.3 is 0 Å². The maximum Gasteiger partial charge on any atom is 0.134 e. The monoisotopic (exact) mass is 364 g/mol. The molecule has 7 heteroatoms. The first-order valence-corrected chi connectivity index (χ1v) is 8.36. The number of methoxy groups -OCH3 is 1. The first-order valence-electron chi connectivity index (χ1n) is 7.10. The number of hydrogen-bond donors (Lipinski definition) is 0. The highest BCUT2D eigenvalue weighted by atomic mass is 35.5. The highest BCUT2D eigenvalue weighted by Crippen LogP contribution is 2.34. The van der Waals surface area contributed by atoms with Crippen molar-refractivity contribution in [3.8, 4) is 22.6 Å². The number of benzene rings is 1. The molecule has 0 saturated carbocycles. The lowest BCUT2D eigenvalue weighted by molar-refractivity contribution is 0.303. The molecular formula is C17H14ClFN2O2S. The van der Waals surface area contributed by atoms with Gasteiger partial charge in [0.05, 0.1) is 17.8 Å². The van der Waals surface area contributed by atoms with Gasteiger partial charge < -0.3 is 9.47 Å². The molecule has 0 atom stereocenters. The molecule has 0 fully saturated rings. The van der Waals surface area contributed by atoms with Gasteiger partial charge in [-0.2, -0.15) is 0 Å². The van der Waals surface area contributed by atoms with E-state index in [9.17, 15) is 4.39 Å². The van der Waals surface area contributed by atoms with Crippen molar-refractivity contribution < 1.29 is 13.9 Å². The average molecular weight is 365 g/mol. The molecule has 0 spiro atoms. The van der Waals surface area contributed by atoms with Crippen LogP contribution in [0.2, 0.25) is 5.15 Å². The van der Waals surface area contributed by atoms with Gasteiger partial charge in [0.15, 0.2) is 0 Å². The second-order valence-electron chi connectivity index (χ2n) is 5.00. The third kappa shape index (κ3) is 3.66. The summed E-state index contributed by atoms with van der Waals surface area (Å²) >= 11 is 7.51. The van der Waals surface area contributed by atoms with Crippen LogP contribution in [0.15, 0.2) is 35.8 Å². The Bertz CT molecular complexity index is 870. The van der Waals surface area contributed by atoms with Crippen molar-refractivity contribution in [2.24, 2.45) is 0 Å². The number of hydrogen-bond acceptors (Lipinski definition) is 5. The van der Waals surface area contributed by atoms with Gasteiger partial charge in [-0.3, -0.25) is 0 Å². The number of rotatable bonds is 5. The molecule has 0 aliphatic carbocycles. The Morgan fingerprint density at radius 1 is 1.25 bits per heavy atom. The topological polar surface area (TPSA) is 44.2 Å². The second-order valence-corrected chi connectivity index (χ2v) is 6.44. The number of thiazole rings is 1. The molecule has 0 aliphatic heterocycles. The number of nitrogens with zero attached hydrogens (tertiary/aromatic N) is 2. The largest absolute Gasteiger partial charge is 0.497 e. The molecule has 0 N–H and O–H groups in total. The van der Waals surface area contributed by atoms with E-state index < -0.39 is 5.82 Å². The minimum Gasteiger partial charge on any atom is -0.497 e. The summed E-state index contributed by atoms with van der Waals surface area (Å²) in [4.78, 5) is 8.38. The lowest BCUT2D eigenvalue weighted by Gasteiger charge is -2.12. The highest BCUT2D eigenvalue weighted by Gasteiger charge is 2.14. The van der Waals surface area contributed by atoms with E-state index in [1.807, 2.05) is 12.3 Å². The minimum absolute atomic E-state index is 0.273. The van der Waals surface area contributed by atoms with Crippen LogP contribution in [-0.4, -0.2) is 17.1 Å². The summed E-state index contributed by atoms with van der Waals surface area (Å²) in [5, 5.41) is 3.16. The number of halogens is 2. The zero-order valence-corrected chi connectivity index (χ0v) is 14.6. The van der Waals surface area contributed by atoms with Crippen LogP contribution in [0.1, 0.15) is 10.7 Å². The normalized spacial score (nSPS) is 10.7. The minimum atomic E-state index is -0.423. The van der Waals surface area contributed by atoms with Crippen molar-refractivity contribution in [3.63, 3.8) is 0 Å². The molecular weight excluding hydrogens is 351 g/mol. The predicted octanol–water partition coefficient (Wildman–Crippen LogP) is 4.89. The Balaban J connectivity index is 1.93. The van der Waals surface area contributed by atoms with Crippen molar-refractivity contribution >= 4 is 22.9 Å². The van der Waals surface area contributed by atoms with Gasteiger partial charge in [0.25, 0.3) is 0 Å². The van der Waals surface area contributed by atoms with Crippen LogP contribution < -0.4 is 9.47 Å². The molecule has 124 valence electrons. The van der Waals surface area contributed by atoms with Crippen molar-refractivity contribution in [2.45, 2.75) is 13.5 Å². The standard InChI is InChI=1S/C17H14ClFN2O2S/c1-10-21-11(9-24-10)8-23-16-6-17(18)20-7-14(16)13-4-3-12(22-2)5-15(13)19/h3-7,9H,8H2,1-2H3. The van der Waals surface area contributed by atoms with E-state index in [0.717, 1.165) is 10.7 Å². The van der Waals surface area contributed by atoms with Crippen LogP contribution >= 0.6 is 22.9 Å². The quantitative estimate of drug-likeness (QED) is 0.604. The number of ether oxygens (including phenoxy) is 2. The maximum atomic E-state index is 14.4. The SMILES string of the molecule is COc1ccc(-c2cnc(Cl)cc2OCc2csc(C)n2)c(F)c1. The highest BCUT2D eigenvalue weighted by molar-refractivity contribution is 7.09. The van der Waals surface area contributed by atoms with E-state index in [4.69, 9.17) is 21.1 Å². The van der Waals surface area contributed by atoms with E-state index in [1.165, 1.54) is 19.4 Å². The Morgan fingerprint density at radius 2 is 2.08 bits per heavy atom. The van der Waals surface area contributed by atoms with Gasteiger partial charge in [-0.25, -0.2) is 14.4 Å². The van der Waals surface area contributed by atoms with Gasteiger partial charge in [-0.05, 0) is 19.1 Å². The summed E-state index contributed by atoms with van der Waals surface area (Å²) in [6.07, 6.45) is 1.49. The summed E-state index contributed by atoms with van der Waals surface area (Å²) < 4.78 is 25.2. The van der Waals surface area contributed by atoms with Crippen LogP contribution in [0.5, 0.6) is 11.5 Å². The summed E-state index contributed by atoms with van der Waals surface area (Å²) in [5.41, 5.74) is 1.70. The van der Waals surface area contributed by atoms with Crippen LogP contribution in [0.25, 0.3) is 11.1 Å². The van der Waals surface area contributed by atoms with E-state index in [0.29, 0.717) is 22.6 Å². The van der Waals surface area contributed by atoms with Crippen LogP contribution in [-0.2, 0) is 6.61 Å². The predicted molar refractivity (Wildman–Crippen MR) is 92.4 cm³/mol. The molecule has 0 aliphatic rings. The number of aryl methyl sites for hydroxylation is 1. The lowest BCUT2D eigenvalue weighted by Crippen LogP contribution is -1.99. The van der Waals surface area contributed by atoms with Gasteiger partial charge in [0.2, 0.25) is 0 Å². The van der Waals surface area contributed by atoms with Crippen molar-refractivity contribution in [1.29, 1.82) is 0 Å². The Hall–Kier alpha value is -2.18. The zero-order chi connectivity index (χ0) is 17.1. The first kappa shape index (κ1) is 16.7. The fraction of sp³-hybridized carbons (Fsp3) is 0.176. The number of pyridine rings is 1. The molecule has 4 nitrogen and oxygen atoms in total. The van der Waals surface area contributed by atoms with E-state index >= 15 is 0 Å². The van der Waals surface area contributed by atoms with E-state index in [-0.39, 0.29) is 11.8 Å². The van der Waals surface area contributed by atoms with Gasteiger partial charge in [0.1, 0.15) is 29.1 Å². The average Bonchev–Trinajstić information content (AvgIpc) is 2.99. The maximum absolute atomic E-state index is 14.4. The molecule has 3 aromatic rings. The van der Waals surface area contributed by atoms with Crippen LogP contribution in [0, 0.1) is 12.7 Å². The fourth-order valence-electron chi connectivity index (χ4n) is 2.20. The lowest BCUT2D eigenvalue weighted by atomic mass is 10.1. The molecule has 24 heavy (non-hydrogen) atoms. The Kier molecular flexibility index (Phi) is 4.97. The Morgan fingerprint density at radius 3 is 2.75 bits per heavy atom. The van der Waals surface area contributed by atoms with Gasteiger partial charge in [0, 0.05) is 34.8 Å². The summed E-state index contributed by atoms with van der Waals surface area (Å²) in [6, 6.07) is 6.19. The van der Waals surface area contributed by atoms with E-state index in [1.54, 1.807) is 29.5 Å². The molecule has 1 aromatic carbocycles. The molecule has 0 saturated heterocycles. The van der Waals surface area contributed by atoms with Crippen LogP contribution in [0.3, 0.4) is 0 Å². The molecule has 0 amide bonds. The van der Waals surface area contributed by atoms with Crippen LogP contribution in [0.4, 0.5) is 4.39 Å². The Labute approximate surface area is 147 Å². The molecule has 3 rings (SSSR count). The van der Waals surface area contributed by atoms with Gasteiger partial charge in [-0.1, -0.05) is 11.6 Å². The number of aromatic nitrogens is 2. The summed E-state index contributed by atoms with van der Waals surface area (Å²) in [7, 11) is 1.49. The second kappa shape index (κ2) is 7.15.